The van der Waals surface area contributed by atoms with E-state index in [-0.39, 0.29) is 16.7 Å². The molecule has 0 amide bonds. The van der Waals surface area contributed by atoms with Gasteiger partial charge in [-0.05, 0) is 48.6 Å². The molecule has 34 heavy (non-hydrogen) atoms. The van der Waals surface area contributed by atoms with E-state index in [1.807, 2.05) is 56.5 Å². The van der Waals surface area contributed by atoms with Gasteiger partial charge in [-0.1, -0.05) is 62.7 Å². The third-order valence-corrected chi connectivity index (χ3v) is 7.06. The van der Waals surface area contributed by atoms with Gasteiger partial charge < -0.3 is 5.11 Å². The molecule has 0 bridgehead atoms. The number of para-hydroxylation sites is 1. The maximum absolute atomic E-state index is 14.0. The van der Waals surface area contributed by atoms with Crippen LogP contribution in [0.15, 0.2) is 58.7 Å². The molecule has 2 heterocycles. The summed E-state index contributed by atoms with van der Waals surface area (Å²) < 4.78 is 1.61. The molecule has 1 N–H and O–H groups in total. The molecule has 7 heteroatoms. The van der Waals surface area contributed by atoms with Gasteiger partial charge in [-0.25, -0.2) is 9.78 Å². The van der Waals surface area contributed by atoms with Crippen molar-refractivity contribution in [3.63, 3.8) is 0 Å². The molecule has 0 unspecified atom stereocenters. The molecule has 0 atom stereocenters. The predicted molar refractivity (Wildman–Crippen MR) is 139 cm³/mol. The zero-order chi connectivity index (χ0) is 24.4. The Hall–Kier alpha value is -3.22. The van der Waals surface area contributed by atoms with Crippen molar-refractivity contribution in [1.82, 2.24) is 9.55 Å². The van der Waals surface area contributed by atoms with Crippen LogP contribution in [0.5, 0.6) is 0 Å². The van der Waals surface area contributed by atoms with Crippen molar-refractivity contribution in [3.8, 4) is 27.5 Å². The van der Waals surface area contributed by atoms with E-state index in [0.717, 1.165) is 35.2 Å². The zero-order valence-corrected chi connectivity index (χ0v) is 20.8. The van der Waals surface area contributed by atoms with Crippen LogP contribution in [0.2, 0.25) is 5.02 Å². The highest BCUT2D eigenvalue weighted by molar-refractivity contribution is 7.13. The van der Waals surface area contributed by atoms with Crippen molar-refractivity contribution >= 4 is 28.9 Å². The summed E-state index contributed by atoms with van der Waals surface area (Å²) in [7, 11) is 0. The van der Waals surface area contributed by atoms with Gasteiger partial charge in [0.15, 0.2) is 0 Å². The highest BCUT2D eigenvalue weighted by Gasteiger charge is 2.24. The summed E-state index contributed by atoms with van der Waals surface area (Å²) >= 11 is 7.33. The standard InChI is InChI=1S/C27H25ClN2O3S/c1-4-16-8-7-9-17(5-2)24(16)30-23(6-3)20(27(32)33)14-21(26(30)31)25-29-22(15-34-25)18-10-12-19(28)13-11-18/h7-15H,4-6H2,1-3H3,(H,32,33). The molecule has 0 radical (unpaired) electrons. The molecule has 0 aliphatic heterocycles. The Balaban J connectivity index is 2.01. The summed E-state index contributed by atoms with van der Waals surface area (Å²) in [6.07, 6.45) is 1.86. The van der Waals surface area contributed by atoms with E-state index in [0.29, 0.717) is 27.8 Å². The van der Waals surface area contributed by atoms with E-state index in [1.54, 1.807) is 16.7 Å². The summed E-state index contributed by atoms with van der Waals surface area (Å²) in [5, 5.41) is 13.0. The molecule has 0 saturated carbocycles. The summed E-state index contributed by atoms with van der Waals surface area (Å²) in [6, 6.07) is 14.8. The lowest BCUT2D eigenvalue weighted by Crippen LogP contribution is -2.28. The molecule has 0 aliphatic rings. The molecule has 0 aliphatic carbocycles. The van der Waals surface area contributed by atoms with Crippen LogP contribution in [0, 0.1) is 0 Å². The summed E-state index contributed by atoms with van der Waals surface area (Å²) in [5.41, 5.74) is 5.02. The molecular weight excluding hydrogens is 468 g/mol. The van der Waals surface area contributed by atoms with Crippen LogP contribution in [-0.4, -0.2) is 20.6 Å². The number of carboxylic acid groups (broad SMARTS) is 1. The van der Waals surface area contributed by atoms with E-state index in [4.69, 9.17) is 11.6 Å². The average molecular weight is 493 g/mol. The minimum atomic E-state index is -1.06. The van der Waals surface area contributed by atoms with Gasteiger partial charge in [-0.2, -0.15) is 0 Å². The summed E-state index contributed by atoms with van der Waals surface area (Å²) in [4.78, 5) is 30.9. The van der Waals surface area contributed by atoms with Crippen LogP contribution in [0.1, 0.15) is 48.0 Å². The van der Waals surface area contributed by atoms with Crippen LogP contribution in [-0.2, 0) is 19.3 Å². The second-order valence-electron chi connectivity index (χ2n) is 7.89. The number of carboxylic acids is 1. The lowest BCUT2D eigenvalue weighted by Gasteiger charge is -2.21. The number of hydrogen-bond donors (Lipinski definition) is 1. The number of pyridine rings is 1. The third kappa shape index (κ3) is 4.31. The Morgan fingerprint density at radius 3 is 2.24 bits per heavy atom. The SMILES string of the molecule is CCc1cccc(CC)c1-n1c(CC)c(C(=O)O)cc(-c2nc(-c3ccc(Cl)cc3)cs2)c1=O. The third-order valence-electron chi connectivity index (χ3n) is 5.93. The lowest BCUT2D eigenvalue weighted by atomic mass is 10.00. The summed E-state index contributed by atoms with van der Waals surface area (Å²) in [6.45, 7) is 5.95. The van der Waals surface area contributed by atoms with Gasteiger partial charge in [0.1, 0.15) is 5.01 Å². The van der Waals surface area contributed by atoms with Crippen LogP contribution in [0.4, 0.5) is 0 Å². The van der Waals surface area contributed by atoms with Crippen molar-refractivity contribution < 1.29 is 9.90 Å². The molecule has 0 saturated heterocycles. The van der Waals surface area contributed by atoms with Crippen molar-refractivity contribution in [2.45, 2.75) is 40.0 Å². The number of halogens is 1. The molecule has 4 rings (SSSR count). The second-order valence-corrected chi connectivity index (χ2v) is 9.19. The van der Waals surface area contributed by atoms with Gasteiger partial charge in [0.2, 0.25) is 0 Å². The van der Waals surface area contributed by atoms with Gasteiger partial charge in [-0.3, -0.25) is 9.36 Å². The van der Waals surface area contributed by atoms with Gasteiger partial charge in [-0.15, -0.1) is 11.3 Å². The first-order valence-corrected chi connectivity index (χ1v) is 12.5. The van der Waals surface area contributed by atoms with Gasteiger partial charge >= 0.3 is 5.97 Å². The molecule has 0 fully saturated rings. The molecular formula is C27H25ClN2O3S. The van der Waals surface area contributed by atoms with Crippen molar-refractivity contribution in [3.05, 3.63) is 91.7 Å². The Morgan fingerprint density at radius 2 is 1.68 bits per heavy atom. The Kier molecular flexibility index (Phi) is 7.00. The largest absolute Gasteiger partial charge is 0.478 e. The number of hydrogen-bond acceptors (Lipinski definition) is 4. The van der Waals surface area contributed by atoms with Crippen LogP contribution in [0.25, 0.3) is 27.5 Å². The Bertz CT molecular complexity index is 1400. The highest BCUT2D eigenvalue weighted by Crippen LogP contribution is 2.31. The Labute approximate surface area is 207 Å². The fourth-order valence-corrected chi connectivity index (χ4v) is 5.19. The molecule has 5 nitrogen and oxygen atoms in total. The van der Waals surface area contributed by atoms with Crippen molar-refractivity contribution in [1.29, 1.82) is 0 Å². The number of carbonyl (C=O) groups is 1. The van der Waals surface area contributed by atoms with Gasteiger partial charge in [0, 0.05) is 21.7 Å². The number of nitrogens with zero attached hydrogens (tertiary/aromatic N) is 2. The maximum Gasteiger partial charge on any atom is 0.337 e. The number of benzene rings is 2. The van der Waals surface area contributed by atoms with E-state index in [2.05, 4.69) is 4.98 Å². The topological polar surface area (TPSA) is 72.2 Å². The smallest absolute Gasteiger partial charge is 0.337 e. The first kappa shape index (κ1) is 23.9. The fraction of sp³-hybridized carbons (Fsp3) is 0.222. The first-order chi connectivity index (χ1) is 16.4. The number of thiazole rings is 1. The number of aromatic nitrogens is 2. The Morgan fingerprint density at radius 1 is 1.03 bits per heavy atom. The van der Waals surface area contributed by atoms with Crippen molar-refractivity contribution in [2.75, 3.05) is 0 Å². The quantitative estimate of drug-likeness (QED) is 0.313. The van der Waals surface area contributed by atoms with Gasteiger partial charge in [0.25, 0.3) is 5.56 Å². The summed E-state index contributed by atoms with van der Waals surface area (Å²) in [5.74, 6) is -1.06. The second kappa shape index (κ2) is 9.95. The fourth-order valence-electron chi connectivity index (χ4n) is 4.23. The molecule has 4 aromatic rings. The minimum absolute atomic E-state index is 0.119. The minimum Gasteiger partial charge on any atom is -0.478 e. The molecule has 2 aromatic carbocycles. The molecule has 174 valence electrons. The number of aryl methyl sites for hydroxylation is 2. The molecule has 2 aromatic heterocycles. The average Bonchev–Trinajstić information content (AvgIpc) is 3.33. The monoisotopic (exact) mass is 492 g/mol. The first-order valence-electron chi connectivity index (χ1n) is 11.2. The zero-order valence-electron chi connectivity index (χ0n) is 19.3. The van der Waals surface area contributed by atoms with E-state index in [1.165, 1.54) is 17.4 Å². The highest BCUT2D eigenvalue weighted by atomic mass is 35.5. The maximum atomic E-state index is 14.0. The van der Waals surface area contributed by atoms with Crippen LogP contribution in [0.3, 0.4) is 0 Å². The van der Waals surface area contributed by atoms with E-state index in [9.17, 15) is 14.7 Å². The van der Waals surface area contributed by atoms with Crippen molar-refractivity contribution in [2.24, 2.45) is 0 Å². The van der Waals surface area contributed by atoms with Crippen LogP contribution < -0.4 is 5.56 Å². The number of rotatable bonds is 7. The number of aromatic carboxylic acids is 1. The molecule has 0 spiro atoms. The predicted octanol–water partition coefficient (Wildman–Crippen LogP) is 6.67. The van der Waals surface area contributed by atoms with E-state index < -0.39 is 5.97 Å². The lowest BCUT2D eigenvalue weighted by molar-refractivity contribution is 0.0694. The van der Waals surface area contributed by atoms with E-state index >= 15 is 0 Å². The van der Waals surface area contributed by atoms with Gasteiger partial charge in [0.05, 0.1) is 22.5 Å². The van der Waals surface area contributed by atoms with Crippen LogP contribution >= 0.6 is 22.9 Å². The normalized spacial score (nSPS) is 11.1.